The monoisotopic (exact) mass is 343 g/mol. The maximum atomic E-state index is 12.9. The lowest BCUT2D eigenvalue weighted by Crippen LogP contribution is -2.44. The van der Waals surface area contributed by atoms with Crippen LogP contribution >= 0.6 is 0 Å². The van der Waals surface area contributed by atoms with Crippen LogP contribution in [-0.4, -0.2) is 47.6 Å². The molecule has 1 amide bonds. The Hall–Kier alpha value is -2.51. The van der Waals surface area contributed by atoms with E-state index in [2.05, 4.69) is 9.97 Å². The second-order valence-corrected chi connectivity index (χ2v) is 5.97. The minimum atomic E-state index is -0.374. The third-order valence-electron chi connectivity index (χ3n) is 4.12. The summed E-state index contributed by atoms with van der Waals surface area (Å²) in [5, 5.41) is 0. The predicted molar refractivity (Wildman–Crippen MR) is 91.3 cm³/mol. The molecule has 0 radical (unpaired) electrons. The van der Waals surface area contributed by atoms with E-state index in [1.54, 1.807) is 31.1 Å². The van der Waals surface area contributed by atoms with Crippen molar-refractivity contribution in [3.05, 3.63) is 63.3 Å². The number of carbonyl (C=O) groups excluding carboxylic acids is 1. The van der Waals surface area contributed by atoms with Crippen molar-refractivity contribution in [3.63, 3.8) is 0 Å². The van der Waals surface area contributed by atoms with Crippen molar-refractivity contribution in [1.29, 1.82) is 0 Å². The normalized spacial score (nSPS) is 17.5. The molecule has 1 aliphatic rings. The van der Waals surface area contributed by atoms with Gasteiger partial charge in [-0.15, -0.1) is 0 Å². The number of rotatable bonds is 4. The van der Waals surface area contributed by atoms with Crippen molar-refractivity contribution < 1.29 is 14.3 Å². The summed E-state index contributed by atoms with van der Waals surface area (Å²) in [6.45, 7) is 3.46. The van der Waals surface area contributed by atoms with E-state index in [9.17, 15) is 9.59 Å². The van der Waals surface area contributed by atoms with Crippen LogP contribution in [0.4, 0.5) is 0 Å². The van der Waals surface area contributed by atoms with Gasteiger partial charge in [0.15, 0.2) is 0 Å². The summed E-state index contributed by atoms with van der Waals surface area (Å²) in [7, 11) is 1.63. The molecule has 0 spiro atoms. The number of carbonyl (C=O) groups is 1. The van der Waals surface area contributed by atoms with Gasteiger partial charge in [0.05, 0.1) is 31.6 Å². The summed E-state index contributed by atoms with van der Waals surface area (Å²) in [6.07, 6.45) is 0. The molecule has 7 heteroatoms. The van der Waals surface area contributed by atoms with E-state index in [-0.39, 0.29) is 17.5 Å². The first-order valence-electron chi connectivity index (χ1n) is 8.13. The fraction of sp³-hybridized carbons (Fsp3) is 0.389. The number of aryl methyl sites for hydroxylation is 1. The number of amides is 1. The molecule has 0 aliphatic carbocycles. The van der Waals surface area contributed by atoms with Crippen LogP contribution in [0.5, 0.6) is 0 Å². The largest absolute Gasteiger partial charge is 0.380 e. The van der Waals surface area contributed by atoms with Crippen LogP contribution in [0.25, 0.3) is 0 Å². The second-order valence-electron chi connectivity index (χ2n) is 5.97. The Balaban J connectivity index is 1.87. The van der Waals surface area contributed by atoms with Crippen molar-refractivity contribution in [2.45, 2.75) is 19.6 Å². The zero-order chi connectivity index (χ0) is 17.8. The second kappa shape index (κ2) is 7.58. The number of methoxy groups -OCH3 is 1. The summed E-state index contributed by atoms with van der Waals surface area (Å²) in [5.41, 5.74) is 1.91. The Bertz CT molecular complexity index is 801. The number of ether oxygens (including phenoxy) is 2. The number of aromatic amines is 1. The fourth-order valence-electron chi connectivity index (χ4n) is 2.94. The van der Waals surface area contributed by atoms with Gasteiger partial charge in [-0.05, 0) is 24.6 Å². The van der Waals surface area contributed by atoms with Gasteiger partial charge in [-0.2, -0.15) is 0 Å². The molecule has 7 nitrogen and oxygen atoms in total. The van der Waals surface area contributed by atoms with Crippen LogP contribution in [0.3, 0.4) is 0 Å². The van der Waals surface area contributed by atoms with Gasteiger partial charge in [-0.1, -0.05) is 12.1 Å². The van der Waals surface area contributed by atoms with Gasteiger partial charge in [0.25, 0.3) is 11.5 Å². The van der Waals surface area contributed by atoms with Gasteiger partial charge < -0.3 is 19.4 Å². The molecule has 1 fully saturated rings. The standard InChI is InChI=1S/C18H21N3O4/c1-12-19-15(9-17(22)20-12)16-11-25-8-7-21(16)18(23)14-5-3-13(4-6-14)10-24-2/h3-6,9,16H,7-8,10-11H2,1-2H3,(H,19,20,22)/t16-/m0/s1. The molecule has 1 aromatic carbocycles. The Morgan fingerprint density at radius 1 is 1.40 bits per heavy atom. The molecule has 3 rings (SSSR count). The molecule has 1 saturated heterocycles. The zero-order valence-corrected chi connectivity index (χ0v) is 14.3. The zero-order valence-electron chi connectivity index (χ0n) is 14.3. The number of aromatic nitrogens is 2. The van der Waals surface area contributed by atoms with Gasteiger partial charge in [0, 0.05) is 25.3 Å². The highest BCUT2D eigenvalue weighted by atomic mass is 16.5. The molecule has 0 saturated carbocycles. The number of hydrogen-bond donors (Lipinski definition) is 1. The van der Waals surface area contributed by atoms with Gasteiger partial charge in [0.2, 0.25) is 0 Å². The van der Waals surface area contributed by atoms with Crippen LogP contribution in [-0.2, 0) is 16.1 Å². The van der Waals surface area contributed by atoms with Gasteiger partial charge in [-0.25, -0.2) is 4.98 Å². The number of nitrogens with zero attached hydrogens (tertiary/aromatic N) is 2. The van der Waals surface area contributed by atoms with Crippen molar-refractivity contribution in [2.75, 3.05) is 26.9 Å². The van der Waals surface area contributed by atoms with Crippen LogP contribution in [0.2, 0.25) is 0 Å². The summed E-state index contributed by atoms with van der Waals surface area (Å²) >= 11 is 0. The lowest BCUT2D eigenvalue weighted by Gasteiger charge is -2.35. The van der Waals surface area contributed by atoms with Crippen molar-refractivity contribution in [2.24, 2.45) is 0 Å². The van der Waals surface area contributed by atoms with Crippen molar-refractivity contribution >= 4 is 5.91 Å². The van der Waals surface area contributed by atoms with Crippen LogP contribution in [0.15, 0.2) is 35.1 Å². The Morgan fingerprint density at radius 2 is 2.16 bits per heavy atom. The van der Waals surface area contributed by atoms with E-state index in [4.69, 9.17) is 9.47 Å². The van der Waals surface area contributed by atoms with E-state index >= 15 is 0 Å². The number of H-pyrrole nitrogens is 1. The van der Waals surface area contributed by atoms with Crippen molar-refractivity contribution in [1.82, 2.24) is 14.9 Å². The Kier molecular flexibility index (Phi) is 5.25. The van der Waals surface area contributed by atoms with Crippen LogP contribution in [0.1, 0.15) is 33.5 Å². The summed E-state index contributed by atoms with van der Waals surface area (Å²) in [6, 6.07) is 8.39. The third-order valence-corrected chi connectivity index (χ3v) is 4.12. The summed E-state index contributed by atoms with van der Waals surface area (Å²) in [4.78, 5) is 33.4. The Morgan fingerprint density at radius 3 is 2.84 bits per heavy atom. The highest BCUT2D eigenvalue weighted by Gasteiger charge is 2.30. The van der Waals surface area contributed by atoms with E-state index in [1.165, 1.54) is 6.07 Å². The lowest BCUT2D eigenvalue weighted by molar-refractivity contribution is -0.00401. The van der Waals surface area contributed by atoms with E-state index < -0.39 is 0 Å². The molecule has 1 atom stereocenters. The predicted octanol–water partition coefficient (Wildman–Crippen LogP) is 1.44. The molecule has 1 aromatic heterocycles. The lowest BCUT2D eigenvalue weighted by atomic mass is 10.1. The minimum Gasteiger partial charge on any atom is -0.380 e. The minimum absolute atomic E-state index is 0.1000. The first kappa shape index (κ1) is 17.3. The van der Waals surface area contributed by atoms with E-state index in [1.807, 2.05) is 12.1 Å². The Labute approximate surface area is 145 Å². The first-order valence-corrected chi connectivity index (χ1v) is 8.13. The highest BCUT2D eigenvalue weighted by molar-refractivity contribution is 5.94. The van der Waals surface area contributed by atoms with Crippen LogP contribution in [0, 0.1) is 6.92 Å². The molecule has 25 heavy (non-hydrogen) atoms. The quantitative estimate of drug-likeness (QED) is 0.908. The van der Waals surface area contributed by atoms with Gasteiger partial charge in [-0.3, -0.25) is 9.59 Å². The molecule has 132 valence electrons. The molecule has 2 aromatic rings. The molecule has 1 N–H and O–H groups in total. The van der Waals surface area contributed by atoms with Crippen LogP contribution < -0.4 is 5.56 Å². The average Bonchev–Trinajstić information content (AvgIpc) is 2.61. The molecule has 2 heterocycles. The maximum Gasteiger partial charge on any atom is 0.254 e. The number of benzene rings is 1. The SMILES string of the molecule is COCc1ccc(C(=O)N2CCOC[C@H]2c2cc(=O)[nH]c(C)n2)cc1. The topological polar surface area (TPSA) is 84.5 Å². The summed E-state index contributed by atoms with van der Waals surface area (Å²) < 4.78 is 10.6. The fourth-order valence-corrected chi connectivity index (χ4v) is 2.94. The molecule has 0 bridgehead atoms. The number of nitrogens with one attached hydrogen (secondary N) is 1. The van der Waals surface area contributed by atoms with E-state index in [0.717, 1.165) is 5.56 Å². The van der Waals surface area contributed by atoms with Gasteiger partial charge >= 0.3 is 0 Å². The first-order chi connectivity index (χ1) is 12.1. The van der Waals surface area contributed by atoms with E-state index in [0.29, 0.717) is 43.4 Å². The summed E-state index contributed by atoms with van der Waals surface area (Å²) in [5.74, 6) is 0.418. The molecule has 1 aliphatic heterocycles. The van der Waals surface area contributed by atoms with Gasteiger partial charge in [0.1, 0.15) is 5.82 Å². The molecular weight excluding hydrogens is 322 g/mol. The molecular formula is C18H21N3O4. The maximum absolute atomic E-state index is 12.9. The molecule has 0 unspecified atom stereocenters. The highest BCUT2D eigenvalue weighted by Crippen LogP contribution is 2.24. The number of morpholine rings is 1. The van der Waals surface area contributed by atoms with Crippen molar-refractivity contribution in [3.8, 4) is 0 Å². The smallest absolute Gasteiger partial charge is 0.254 e. The third kappa shape index (κ3) is 3.94. The average molecular weight is 343 g/mol. The number of hydrogen-bond acceptors (Lipinski definition) is 5.